The fraction of sp³-hybridized carbons (Fsp3) is 0.462. The van der Waals surface area contributed by atoms with Crippen LogP contribution in [0.2, 0.25) is 0 Å². The molecule has 2 rings (SSSR count). The van der Waals surface area contributed by atoms with Gasteiger partial charge < -0.3 is 15.8 Å². The second-order valence-electron chi connectivity index (χ2n) is 4.69. The van der Waals surface area contributed by atoms with Crippen LogP contribution in [-0.2, 0) is 0 Å². The van der Waals surface area contributed by atoms with Crippen molar-refractivity contribution in [3.05, 3.63) is 29.6 Å². The minimum absolute atomic E-state index is 0.0767. The Kier molecular flexibility index (Phi) is 3.69. The molecule has 1 heterocycles. The monoisotopic (exact) mass is 251 g/mol. The van der Waals surface area contributed by atoms with Gasteiger partial charge in [0, 0.05) is 18.2 Å². The fourth-order valence-electron chi connectivity index (χ4n) is 2.41. The first-order valence-electron chi connectivity index (χ1n) is 6.17. The van der Waals surface area contributed by atoms with Crippen LogP contribution in [-0.4, -0.2) is 23.6 Å². The second kappa shape index (κ2) is 5.25. The van der Waals surface area contributed by atoms with Crippen molar-refractivity contribution in [3.8, 4) is 0 Å². The van der Waals surface area contributed by atoms with Gasteiger partial charge in [-0.1, -0.05) is 5.16 Å². The summed E-state index contributed by atoms with van der Waals surface area (Å²) in [6, 6.07) is 5.04. The van der Waals surface area contributed by atoms with Gasteiger partial charge in [-0.05, 0) is 44.4 Å². The molecule has 0 radical (unpaired) electrons. The van der Waals surface area contributed by atoms with Gasteiger partial charge in [0.2, 0.25) is 0 Å². The quantitative estimate of drug-likeness (QED) is 0.367. The zero-order chi connectivity index (χ0) is 13.1. The maximum atomic E-state index is 14.1. The largest absolute Gasteiger partial charge is 0.409 e. The van der Waals surface area contributed by atoms with E-state index in [-0.39, 0.29) is 11.7 Å². The molecule has 1 unspecified atom stereocenters. The van der Waals surface area contributed by atoms with Gasteiger partial charge >= 0.3 is 0 Å². The Morgan fingerprint density at radius 2 is 2.28 bits per heavy atom. The van der Waals surface area contributed by atoms with Gasteiger partial charge in [0.25, 0.3) is 0 Å². The van der Waals surface area contributed by atoms with E-state index in [2.05, 4.69) is 17.0 Å². The zero-order valence-electron chi connectivity index (χ0n) is 10.4. The summed E-state index contributed by atoms with van der Waals surface area (Å²) < 4.78 is 14.1. The van der Waals surface area contributed by atoms with Crippen molar-refractivity contribution >= 4 is 11.5 Å². The van der Waals surface area contributed by atoms with Gasteiger partial charge in [0.15, 0.2) is 5.84 Å². The van der Waals surface area contributed by atoms with Gasteiger partial charge in [-0.25, -0.2) is 4.39 Å². The number of hydrogen-bond acceptors (Lipinski definition) is 3. The molecule has 0 aromatic heterocycles. The van der Waals surface area contributed by atoms with E-state index in [1.807, 2.05) is 0 Å². The first kappa shape index (κ1) is 12.7. The van der Waals surface area contributed by atoms with E-state index in [0.717, 1.165) is 19.4 Å². The summed E-state index contributed by atoms with van der Waals surface area (Å²) in [6.07, 6.45) is 3.37. The van der Waals surface area contributed by atoms with E-state index >= 15 is 0 Å². The van der Waals surface area contributed by atoms with Gasteiger partial charge in [-0.3, -0.25) is 0 Å². The molecule has 1 aliphatic heterocycles. The van der Waals surface area contributed by atoms with Crippen LogP contribution in [0.25, 0.3) is 0 Å². The average Bonchev–Trinajstić information content (AvgIpc) is 2.39. The highest BCUT2D eigenvalue weighted by atomic mass is 19.1. The topological polar surface area (TPSA) is 61.8 Å². The van der Waals surface area contributed by atoms with Crippen LogP contribution >= 0.6 is 0 Å². The third-order valence-electron chi connectivity index (χ3n) is 3.46. The Hall–Kier alpha value is -1.78. The lowest BCUT2D eigenvalue weighted by molar-refractivity contribution is 0.318. The number of rotatable bonds is 2. The maximum Gasteiger partial charge on any atom is 0.170 e. The molecule has 0 bridgehead atoms. The van der Waals surface area contributed by atoms with Gasteiger partial charge in [-0.2, -0.15) is 0 Å². The summed E-state index contributed by atoms with van der Waals surface area (Å²) >= 11 is 0. The molecule has 0 aliphatic carbocycles. The fourth-order valence-corrected chi connectivity index (χ4v) is 2.41. The van der Waals surface area contributed by atoms with E-state index < -0.39 is 0 Å². The summed E-state index contributed by atoms with van der Waals surface area (Å²) in [5, 5.41) is 11.4. The number of piperidine rings is 1. The third kappa shape index (κ3) is 2.39. The molecule has 3 N–H and O–H groups in total. The Labute approximate surface area is 106 Å². The van der Waals surface area contributed by atoms with Crippen LogP contribution in [0.15, 0.2) is 23.4 Å². The molecule has 1 fully saturated rings. The summed E-state index contributed by atoms with van der Waals surface area (Å²) in [4.78, 5) is 2.08. The first-order chi connectivity index (χ1) is 8.63. The second-order valence-corrected chi connectivity index (χ2v) is 4.69. The number of halogens is 1. The zero-order valence-corrected chi connectivity index (χ0v) is 10.4. The molecule has 98 valence electrons. The van der Waals surface area contributed by atoms with E-state index in [9.17, 15) is 4.39 Å². The minimum Gasteiger partial charge on any atom is -0.409 e. The number of anilines is 1. The lowest BCUT2D eigenvalue weighted by Crippen LogP contribution is -2.38. The van der Waals surface area contributed by atoms with Crippen molar-refractivity contribution in [3.63, 3.8) is 0 Å². The molecule has 1 saturated heterocycles. The maximum absolute atomic E-state index is 14.1. The lowest BCUT2D eigenvalue weighted by Gasteiger charge is -2.35. The molecule has 1 aromatic rings. The summed E-state index contributed by atoms with van der Waals surface area (Å²) in [7, 11) is 0. The van der Waals surface area contributed by atoms with E-state index in [1.165, 1.54) is 12.5 Å². The van der Waals surface area contributed by atoms with Crippen molar-refractivity contribution in [2.24, 2.45) is 10.9 Å². The van der Waals surface area contributed by atoms with Crippen molar-refractivity contribution in [1.82, 2.24) is 0 Å². The van der Waals surface area contributed by atoms with Crippen LogP contribution in [0.1, 0.15) is 31.7 Å². The van der Waals surface area contributed by atoms with Crippen LogP contribution in [0.3, 0.4) is 0 Å². The standard InChI is InChI=1S/C13H18FN3O/c1-9-4-2-3-7-17(9)12-6-5-10(8-11(12)14)13(15)16-18/h5-6,8-9,18H,2-4,7H2,1H3,(H2,15,16). The molecule has 0 saturated carbocycles. The molecule has 5 heteroatoms. The number of hydrogen-bond donors (Lipinski definition) is 2. The van der Waals surface area contributed by atoms with Gasteiger partial charge in [-0.15, -0.1) is 0 Å². The van der Waals surface area contributed by atoms with Crippen molar-refractivity contribution in [1.29, 1.82) is 0 Å². The molecule has 1 aliphatic rings. The average molecular weight is 251 g/mol. The number of nitrogens with zero attached hydrogens (tertiary/aromatic N) is 2. The first-order valence-corrected chi connectivity index (χ1v) is 6.17. The molecule has 0 spiro atoms. The SMILES string of the molecule is CC1CCCCN1c1ccc(/C(N)=N/O)cc1F. The van der Waals surface area contributed by atoms with Gasteiger partial charge in [0.1, 0.15) is 5.82 Å². The van der Waals surface area contributed by atoms with Crippen molar-refractivity contribution in [2.45, 2.75) is 32.2 Å². The predicted octanol–water partition coefficient (Wildman–Crippen LogP) is 2.30. The third-order valence-corrected chi connectivity index (χ3v) is 3.46. The Bertz CT molecular complexity index is 462. The van der Waals surface area contributed by atoms with Crippen molar-refractivity contribution in [2.75, 3.05) is 11.4 Å². The Morgan fingerprint density at radius 3 is 2.89 bits per heavy atom. The molecule has 1 aromatic carbocycles. The van der Waals surface area contributed by atoms with E-state index in [0.29, 0.717) is 17.3 Å². The van der Waals surface area contributed by atoms with Crippen LogP contribution < -0.4 is 10.6 Å². The number of nitrogens with two attached hydrogens (primary N) is 1. The summed E-state index contributed by atoms with van der Waals surface area (Å²) in [5.41, 5.74) is 6.42. The van der Waals surface area contributed by atoms with Crippen LogP contribution in [0.5, 0.6) is 0 Å². The Balaban J connectivity index is 2.29. The minimum atomic E-state index is -0.326. The van der Waals surface area contributed by atoms with Crippen LogP contribution in [0.4, 0.5) is 10.1 Å². The number of benzene rings is 1. The molecular formula is C13H18FN3O. The molecule has 0 amide bonds. The van der Waals surface area contributed by atoms with Gasteiger partial charge in [0.05, 0.1) is 5.69 Å². The van der Waals surface area contributed by atoms with E-state index in [1.54, 1.807) is 12.1 Å². The Morgan fingerprint density at radius 1 is 1.50 bits per heavy atom. The summed E-state index contributed by atoms with van der Waals surface area (Å²) in [5.74, 6) is -0.403. The molecule has 18 heavy (non-hydrogen) atoms. The van der Waals surface area contributed by atoms with Crippen LogP contribution in [0, 0.1) is 5.82 Å². The summed E-state index contributed by atoms with van der Waals surface area (Å²) in [6.45, 7) is 2.98. The number of amidine groups is 1. The molecule has 1 atom stereocenters. The highest BCUT2D eigenvalue weighted by molar-refractivity contribution is 5.97. The highest BCUT2D eigenvalue weighted by Gasteiger charge is 2.21. The molecule has 4 nitrogen and oxygen atoms in total. The lowest BCUT2D eigenvalue weighted by atomic mass is 10.0. The molecular weight excluding hydrogens is 233 g/mol. The predicted molar refractivity (Wildman–Crippen MR) is 69.6 cm³/mol. The normalized spacial score (nSPS) is 21.1. The van der Waals surface area contributed by atoms with Crippen molar-refractivity contribution < 1.29 is 9.60 Å². The smallest absolute Gasteiger partial charge is 0.170 e. The van der Waals surface area contributed by atoms with E-state index in [4.69, 9.17) is 10.9 Å². The highest BCUT2D eigenvalue weighted by Crippen LogP contribution is 2.27. The number of oxime groups is 1.